The molecule has 0 aliphatic rings. The zero-order valence-corrected chi connectivity index (χ0v) is 13.4. The summed E-state index contributed by atoms with van der Waals surface area (Å²) in [7, 11) is 0. The molecular weight excluding hydrogens is 322 g/mol. The lowest BCUT2D eigenvalue weighted by atomic mass is 10.0. The molecule has 2 aromatic carbocycles. The highest BCUT2D eigenvalue weighted by Crippen LogP contribution is 2.16. The van der Waals surface area contributed by atoms with Gasteiger partial charge < -0.3 is 14.8 Å². The largest absolute Gasteiger partial charge is 0.513 e. The summed E-state index contributed by atoms with van der Waals surface area (Å²) in [5.41, 5.74) is 1.07. The molecule has 0 aliphatic carbocycles. The minimum absolute atomic E-state index is 0.0248. The highest BCUT2D eigenvalue weighted by atomic mass is 16.7. The van der Waals surface area contributed by atoms with Gasteiger partial charge in [0.15, 0.2) is 5.78 Å². The van der Waals surface area contributed by atoms with Crippen molar-refractivity contribution in [1.29, 1.82) is 0 Å². The normalized spacial score (nSPS) is 9.76. The quantitative estimate of drug-likeness (QED) is 0.276. The van der Waals surface area contributed by atoms with E-state index in [1.165, 1.54) is 12.1 Å². The SMILES string of the molecule is C=CC(=O)NCCOC(=O)Oc1ccc(C(=O)c2ccccc2)cc1. The van der Waals surface area contributed by atoms with Crippen molar-refractivity contribution in [3.05, 3.63) is 78.4 Å². The van der Waals surface area contributed by atoms with Crippen molar-refractivity contribution in [2.75, 3.05) is 13.2 Å². The van der Waals surface area contributed by atoms with E-state index >= 15 is 0 Å². The first-order chi connectivity index (χ1) is 12.1. The van der Waals surface area contributed by atoms with E-state index in [0.29, 0.717) is 11.1 Å². The number of nitrogens with one attached hydrogen (secondary N) is 1. The molecule has 0 aliphatic heterocycles. The molecule has 0 heterocycles. The van der Waals surface area contributed by atoms with E-state index in [4.69, 9.17) is 9.47 Å². The Bertz CT molecular complexity index is 753. The van der Waals surface area contributed by atoms with Crippen LogP contribution < -0.4 is 10.1 Å². The topological polar surface area (TPSA) is 81.7 Å². The zero-order valence-electron chi connectivity index (χ0n) is 13.4. The highest BCUT2D eigenvalue weighted by Gasteiger charge is 2.10. The van der Waals surface area contributed by atoms with Crippen LogP contribution in [0.3, 0.4) is 0 Å². The molecule has 6 nitrogen and oxygen atoms in total. The second kappa shape index (κ2) is 9.02. The van der Waals surface area contributed by atoms with Crippen LogP contribution in [0.1, 0.15) is 15.9 Å². The van der Waals surface area contributed by atoms with E-state index in [9.17, 15) is 14.4 Å². The van der Waals surface area contributed by atoms with E-state index in [-0.39, 0.29) is 30.6 Å². The van der Waals surface area contributed by atoms with Gasteiger partial charge in [-0.05, 0) is 30.3 Å². The van der Waals surface area contributed by atoms with Crippen molar-refractivity contribution in [3.8, 4) is 5.75 Å². The van der Waals surface area contributed by atoms with E-state index in [1.807, 2.05) is 6.07 Å². The zero-order chi connectivity index (χ0) is 18.1. The summed E-state index contributed by atoms with van der Waals surface area (Å²) in [5.74, 6) is -0.215. The van der Waals surface area contributed by atoms with Crippen LogP contribution >= 0.6 is 0 Å². The Balaban J connectivity index is 1.83. The Morgan fingerprint density at radius 2 is 1.60 bits per heavy atom. The van der Waals surface area contributed by atoms with Crippen LogP contribution in [0, 0.1) is 0 Å². The van der Waals surface area contributed by atoms with E-state index in [2.05, 4.69) is 11.9 Å². The second-order valence-corrected chi connectivity index (χ2v) is 4.92. The van der Waals surface area contributed by atoms with Gasteiger partial charge in [0.05, 0.1) is 6.54 Å². The molecule has 128 valence electrons. The number of benzene rings is 2. The van der Waals surface area contributed by atoms with Crippen molar-refractivity contribution in [2.24, 2.45) is 0 Å². The summed E-state index contributed by atoms with van der Waals surface area (Å²) < 4.78 is 9.79. The summed E-state index contributed by atoms with van der Waals surface area (Å²) >= 11 is 0. The molecule has 0 unspecified atom stereocenters. The van der Waals surface area contributed by atoms with Gasteiger partial charge in [-0.25, -0.2) is 4.79 Å². The van der Waals surface area contributed by atoms with Crippen molar-refractivity contribution in [3.63, 3.8) is 0 Å². The Hall–Kier alpha value is -3.41. The molecule has 0 atom stereocenters. The first-order valence-electron chi connectivity index (χ1n) is 7.55. The monoisotopic (exact) mass is 339 g/mol. The van der Waals surface area contributed by atoms with Crippen molar-refractivity contribution >= 4 is 17.8 Å². The molecule has 0 radical (unpaired) electrons. The van der Waals surface area contributed by atoms with Crippen LogP contribution in [0.4, 0.5) is 4.79 Å². The second-order valence-electron chi connectivity index (χ2n) is 4.92. The van der Waals surface area contributed by atoms with E-state index in [0.717, 1.165) is 6.08 Å². The molecule has 1 N–H and O–H groups in total. The standard InChI is InChI=1S/C19H17NO5/c1-2-17(21)20-12-13-24-19(23)25-16-10-8-15(9-11-16)18(22)14-6-4-3-5-7-14/h2-11H,1,12-13H2,(H,20,21). The summed E-state index contributed by atoms with van der Waals surface area (Å²) in [6.07, 6.45) is 0.228. The first-order valence-corrected chi connectivity index (χ1v) is 7.55. The Morgan fingerprint density at radius 1 is 0.960 bits per heavy atom. The fourth-order valence-electron chi connectivity index (χ4n) is 1.94. The first kappa shape index (κ1) is 17.9. The van der Waals surface area contributed by atoms with Gasteiger partial charge in [-0.3, -0.25) is 9.59 Å². The molecule has 2 rings (SSSR count). The molecular formula is C19H17NO5. The molecule has 0 aromatic heterocycles. The molecule has 0 saturated heterocycles. The Morgan fingerprint density at radius 3 is 2.24 bits per heavy atom. The molecule has 1 amide bonds. The third-order valence-electron chi connectivity index (χ3n) is 3.16. The van der Waals surface area contributed by atoms with Crippen LogP contribution in [-0.2, 0) is 9.53 Å². The van der Waals surface area contributed by atoms with Gasteiger partial charge in [0.1, 0.15) is 12.4 Å². The fourth-order valence-corrected chi connectivity index (χ4v) is 1.94. The number of ether oxygens (including phenoxy) is 2. The summed E-state index contributed by atoms with van der Waals surface area (Å²) in [6.45, 7) is 3.43. The Labute approximate surface area is 145 Å². The number of rotatable bonds is 7. The lowest BCUT2D eigenvalue weighted by molar-refractivity contribution is -0.116. The van der Waals surface area contributed by atoms with Gasteiger partial charge in [0.25, 0.3) is 0 Å². The van der Waals surface area contributed by atoms with Crippen LogP contribution in [0.25, 0.3) is 0 Å². The minimum atomic E-state index is -0.894. The third-order valence-corrected chi connectivity index (χ3v) is 3.16. The molecule has 2 aromatic rings. The maximum Gasteiger partial charge on any atom is 0.513 e. The molecule has 0 saturated carbocycles. The number of carbonyl (C=O) groups excluding carboxylic acids is 3. The summed E-state index contributed by atoms with van der Waals surface area (Å²) in [4.78, 5) is 34.7. The van der Waals surface area contributed by atoms with Gasteiger partial charge in [-0.1, -0.05) is 36.9 Å². The number of carbonyl (C=O) groups is 3. The van der Waals surface area contributed by atoms with Crippen LogP contribution in [0.2, 0.25) is 0 Å². The predicted octanol–water partition coefficient (Wildman–Crippen LogP) is 2.74. The van der Waals surface area contributed by atoms with Crippen molar-refractivity contribution < 1.29 is 23.9 Å². The average Bonchev–Trinajstić information content (AvgIpc) is 2.65. The lowest BCUT2D eigenvalue weighted by Crippen LogP contribution is -2.26. The smallest absolute Gasteiger partial charge is 0.432 e. The number of amides is 1. The molecule has 0 bridgehead atoms. The van der Waals surface area contributed by atoms with Gasteiger partial charge in [0.2, 0.25) is 5.91 Å². The average molecular weight is 339 g/mol. The summed E-state index contributed by atoms with van der Waals surface area (Å²) in [5, 5.41) is 2.46. The van der Waals surface area contributed by atoms with Crippen molar-refractivity contribution in [1.82, 2.24) is 5.32 Å². The molecule has 0 fully saturated rings. The lowest BCUT2D eigenvalue weighted by Gasteiger charge is -2.07. The van der Waals surface area contributed by atoms with E-state index in [1.54, 1.807) is 36.4 Å². The maximum absolute atomic E-state index is 12.3. The minimum Gasteiger partial charge on any atom is -0.432 e. The van der Waals surface area contributed by atoms with E-state index < -0.39 is 6.16 Å². The molecule has 0 spiro atoms. The number of hydrogen-bond donors (Lipinski definition) is 1. The fraction of sp³-hybridized carbons (Fsp3) is 0.105. The van der Waals surface area contributed by atoms with Gasteiger partial charge in [-0.15, -0.1) is 0 Å². The number of ketones is 1. The van der Waals surface area contributed by atoms with Crippen LogP contribution in [-0.4, -0.2) is 31.0 Å². The molecule has 25 heavy (non-hydrogen) atoms. The number of hydrogen-bond acceptors (Lipinski definition) is 5. The Kier molecular flexibility index (Phi) is 6.47. The maximum atomic E-state index is 12.3. The predicted molar refractivity (Wildman–Crippen MR) is 91.5 cm³/mol. The third kappa shape index (κ3) is 5.62. The van der Waals surface area contributed by atoms with Crippen LogP contribution in [0.5, 0.6) is 5.75 Å². The molecule has 6 heteroatoms. The van der Waals surface area contributed by atoms with Crippen LogP contribution in [0.15, 0.2) is 67.3 Å². The van der Waals surface area contributed by atoms with Crippen molar-refractivity contribution in [2.45, 2.75) is 0 Å². The van der Waals surface area contributed by atoms with Gasteiger partial charge in [-0.2, -0.15) is 0 Å². The van der Waals surface area contributed by atoms with Gasteiger partial charge in [0, 0.05) is 11.1 Å². The highest BCUT2D eigenvalue weighted by molar-refractivity contribution is 6.09. The van der Waals surface area contributed by atoms with Gasteiger partial charge >= 0.3 is 6.16 Å². The summed E-state index contributed by atoms with van der Waals surface area (Å²) in [6, 6.07) is 15.0.